The van der Waals surface area contributed by atoms with E-state index < -0.39 is 0 Å². The molecule has 17 heavy (non-hydrogen) atoms. The maximum Gasteiger partial charge on any atom is 0.119 e. The van der Waals surface area contributed by atoms with Crippen molar-refractivity contribution in [2.45, 2.75) is 13.8 Å². The molecule has 0 spiro atoms. The maximum atomic E-state index is 5.63. The second-order valence-electron chi connectivity index (χ2n) is 4.08. The van der Waals surface area contributed by atoms with Gasteiger partial charge in [0.05, 0.1) is 0 Å². The van der Waals surface area contributed by atoms with Crippen molar-refractivity contribution < 1.29 is 4.74 Å². The van der Waals surface area contributed by atoms with E-state index in [2.05, 4.69) is 32.6 Å². The molecule has 1 aromatic carbocycles. The zero-order chi connectivity index (χ0) is 12.5. The highest BCUT2D eigenvalue weighted by Crippen LogP contribution is 2.12. The fourth-order valence-corrected chi connectivity index (χ4v) is 1.43. The lowest BCUT2D eigenvalue weighted by Gasteiger charge is -2.07. The zero-order valence-corrected chi connectivity index (χ0v) is 10.6. The summed E-state index contributed by atoms with van der Waals surface area (Å²) >= 11 is 0. The van der Waals surface area contributed by atoms with Crippen LogP contribution in [-0.2, 0) is 0 Å². The predicted molar refractivity (Wildman–Crippen MR) is 74.2 cm³/mol. The van der Waals surface area contributed by atoms with Crippen molar-refractivity contribution >= 4 is 0 Å². The molecular weight excluding hydrogens is 208 g/mol. The van der Waals surface area contributed by atoms with Gasteiger partial charge < -0.3 is 4.74 Å². The summed E-state index contributed by atoms with van der Waals surface area (Å²) in [5.74, 6) is 1.39. The van der Waals surface area contributed by atoms with Gasteiger partial charge in [0, 0.05) is 0 Å². The van der Waals surface area contributed by atoms with Crippen LogP contribution >= 0.6 is 0 Å². The zero-order valence-electron chi connectivity index (χ0n) is 10.6. The fourth-order valence-electron chi connectivity index (χ4n) is 1.43. The first-order valence-corrected chi connectivity index (χ1v) is 5.91. The minimum Gasteiger partial charge on any atom is -0.490 e. The van der Waals surface area contributed by atoms with Crippen LogP contribution in [0.15, 0.2) is 66.8 Å². The minimum absolute atomic E-state index is 0.491. The summed E-state index contributed by atoms with van der Waals surface area (Å²) in [5.41, 5.74) is 1.26. The molecule has 0 aliphatic heterocycles. The highest BCUT2D eigenvalue weighted by atomic mass is 16.5. The topological polar surface area (TPSA) is 9.23 Å². The molecule has 0 heterocycles. The van der Waals surface area contributed by atoms with Crippen LogP contribution in [-0.4, -0.2) is 6.61 Å². The SMILES string of the molecule is C=C/C=C\C(=C/COc1ccccc1)C(C)C. The predicted octanol–water partition coefficient (Wildman–Crippen LogP) is 4.39. The van der Waals surface area contributed by atoms with Crippen molar-refractivity contribution in [2.24, 2.45) is 5.92 Å². The molecule has 1 aromatic rings. The Labute approximate surface area is 104 Å². The van der Waals surface area contributed by atoms with Crippen molar-refractivity contribution in [3.8, 4) is 5.75 Å². The molecule has 0 aromatic heterocycles. The molecule has 0 aliphatic rings. The van der Waals surface area contributed by atoms with Gasteiger partial charge in [-0.1, -0.05) is 56.9 Å². The van der Waals surface area contributed by atoms with Crippen LogP contribution in [0.25, 0.3) is 0 Å². The lowest BCUT2D eigenvalue weighted by molar-refractivity contribution is 0.361. The third kappa shape index (κ3) is 5.21. The Balaban J connectivity index is 2.55. The average Bonchev–Trinajstić information content (AvgIpc) is 2.34. The second kappa shape index (κ2) is 7.50. The summed E-state index contributed by atoms with van der Waals surface area (Å²) in [6.07, 6.45) is 7.92. The lowest BCUT2D eigenvalue weighted by atomic mass is 10.0. The van der Waals surface area contributed by atoms with Gasteiger partial charge in [-0.2, -0.15) is 0 Å². The van der Waals surface area contributed by atoms with Gasteiger partial charge in [-0.05, 0) is 29.7 Å². The molecule has 0 unspecified atom stereocenters. The molecule has 1 nitrogen and oxygen atoms in total. The number of hydrogen-bond acceptors (Lipinski definition) is 1. The average molecular weight is 228 g/mol. The molecule has 0 bridgehead atoms. The first-order valence-electron chi connectivity index (χ1n) is 5.91. The Morgan fingerprint density at radius 1 is 1.29 bits per heavy atom. The minimum atomic E-state index is 0.491. The molecule has 0 fully saturated rings. The Hall–Kier alpha value is -1.76. The van der Waals surface area contributed by atoms with Gasteiger partial charge in [-0.3, -0.25) is 0 Å². The Morgan fingerprint density at radius 3 is 2.59 bits per heavy atom. The van der Waals surface area contributed by atoms with Gasteiger partial charge in [0.2, 0.25) is 0 Å². The molecule has 0 amide bonds. The Kier molecular flexibility index (Phi) is 5.87. The van der Waals surface area contributed by atoms with Crippen LogP contribution in [0.4, 0.5) is 0 Å². The molecular formula is C16H20O. The van der Waals surface area contributed by atoms with Crippen molar-refractivity contribution in [3.05, 3.63) is 66.8 Å². The smallest absolute Gasteiger partial charge is 0.119 e. The molecule has 1 rings (SSSR count). The monoisotopic (exact) mass is 228 g/mol. The number of allylic oxidation sites excluding steroid dienone is 4. The third-order valence-corrected chi connectivity index (χ3v) is 2.40. The number of hydrogen-bond donors (Lipinski definition) is 0. The first kappa shape index (κ1) is 13.3. The van der Waals surface area contributed by atoms with Gasteiger partial charge in [0.1, 0.15) is 12.4 Å². The quantitative estimate of drug-likeness (QED) is 0.656. The molecule has 0 radical (unpaired) electrons. The molecule has 0 atom stereocenters. The van der Waals surface area contributed by atoms with Crippen molar-refractivity contribution in [2.75, 3.05) is 6.61 Å². The van der Waals surface area contributed by atoms with E-state index >= 15 is 0 Å². The Morgan fingerprint density at radius 2 is 2.00 bits per heavy atom. The third-order valence-electron chi connectivity index (χ3n) is 2.40. The number of rotatable bonds is 6. The van der Waals surface area contributed by atoms with E-state index in [-0.39, 0.29) is 0 Å². The van der Waals surface area contributed by atoms with E-state index in [1.54, 1.807) is 6.08 Å². The van der Waals surface area contributed by atoms with Gasteiger partial charge >= 0.3 is 0 Å². The number of ether oxygens (including phenoxy) is 1. The normalized spacial score (nSPS) is 12.1. The van der Waals surface area contributed by atoms with Crippen LogP contribution < -0.4 is 4.74 Å². The number of para-hydroxylation sites is 1. The van der Waals surface area contributed by atoms with Gasteiger partial charge in [-0.25, -0.2) is 0 Å². The van der Waals surface area contributed by atoms with Crippen LogP contribution in [0, 0.1) is 5.92 Å². The largest absolute Gasteiger partial charge is 0.490 e. The van der Waals surface area contributed by atoms with Crippen LogP contribution in [0.1, 0.15) is 13.8 Å². The van der Waals surface area contributed by atoms with E-state index in [1.807, 2.05) is 36.4 Å². The van der Waals surface area contributed by atoms with Crippen molar-refractivity contribution in [1.29, 1.82) is 0 Å². The molecule has 0 saturated carbocycles. The molecule has 0 N–H and O–H groups in total. The van der Waals surface area contributed by atoms with Gasteiger partial charge in [0.15, 0.2) is 0 Å². The van der Waals surface area contributed by atoms with E-state index in [4.69, 9.17) is 4.74 Å². The summed E-state index contributed by atoms with van der Waals surface area (Å²) in [6.45, 7) is 8.61. The fraction of sp³-hybridized carbons (Fsp3) is 0.250. The second-order valence-corrected chi connectivity index (χ2v) is 4.08. The molecule has 0 saturated heterocycles. The molecule has 90 valence electrons. The van der Waals surface area contributed by atoms with Gasteiger partial charge in [-0.15, -0.1) is 0 Å². The highest BCUT2D eigenvalue weighted by molar-refractivity contribution is 5.25. The van der Waals surface area contributed by atoms with E-state index in [0.717, 1.165) is 5.75 Å². The van der Waals surface area contributed by atoms with Gasteiger partial charge in [0.25, 0.3) is 0 Å². The van der Waals surface area contributed by atoms with Crippen molar-refractivity contribution in [1.82, 2.24) is 0 Å². The van der Waals surface area contributed by atoms with E-state index in [0.29, 0.717) is 12.5 Å². The van der Waals surface area contributed by atoms with E-state index in [9.17, 15) is 0 Å². The first-order chi connectivity index (χ1) is 8.24. The molecule has 0 aliphatic carbocycles. The summed E-state index contributed by atoms with van der Waals surface area (Å²) in [6, 6.07) is 9.85. The van der Waals surface area contributed by atoms with Crippen LogP contribution in [0.3, 0.4) is 0 Å². The summed E-state index contributed by atoms with van der Waals surface area (Å²) in [5, 5.41) is 0. The Bertz CT molecular complexity index is 385. The lowest BCUT2D eigenvalue weighted by Crippen LogP contribution is -1.98. The van der Waals surface area contributed by atoms with E-state index in [1.165, 1.54) is 5.57 Å². The van der Waals surface area contributed by atoms with Crippen molar-refractivity contribution in [3.63, 3.8) is 0 Å². The maximum absolute atomic E-state index is 5.63. The van der Waals surface area contributed by atoms with Crippen LogP contribution in [0.2, 0.25) is 0 Å². The molecule has 1 heteroatoms. The van der Waals surface area contributed by atoms with Crippen LogP contribution in [0.5, 0.6) is 5.75 Å². The summed E-state index contributed by atoms with van der Waals surface area (Å²) in [7, 11) is 0. The standard InChI is InChI=1S/C16H20O/c1-4-5-9-15(14(2)3)12-13-17-16-10-7-6-8-11-16/h4-12,14H,1,13H2,2-3H3/b9-5-,15-12+. The highest BCUT2D eigenvalue weighted by Gasteiger charge is 1.98. The summed E-state index contributed by atoms with van der Waals surface area (Å²) in [4.78, 5) is 0. The number of benzene rings is 1. The summed E-state index contributed by atoms with van der Waals surface area (Å²) < 4.78 is 5.63.